The summed E-state index contributed by atoms with van der Waals surface area (Å²) < 4.78 is 10.6. The molecule has 1 saturated heterocycles. The second kappa shape index (κ2) is 7.83. The molecule has 4 nitrogen and oxygen atoms in total. The van der Waals surface area contributed by atoms with Crippen LogP contribution in [0.15, 0.2) is 42.5 Å². The molecule has 25 heavy (non-hydrogen) atoms. The van der Waals surface area contributed by atoms with Gasteiger partial charge in [0.25, 0.3) is 0 Å². The molecule has 1 heterocycles. The Bertz CT molecular complexity index is 745. The first-order valence-electron chi connectivity index (χ1n) is 8.31. The highest BCUT2D eigenvalue weighted by atomic mass is 32.2. The molecule has 1 aliphatic heterocycles. The van der Waals surface area contributed by atoms with Gasteiger partial charge in [0.1, 0.15) is 5.37 Å². The predicted molar refractivity (Wildman–Crippen MR) is 101 cm³/mol. The van der Waals surface area contributed by atoms with Crippen LogP contribution in [-0.2, 0) is 11.2 Å². The second-order valence-corrected chi connectivity index (χ2v) is 7.17. The summed E-state index contributed by atoms with van der Waals surface area (Å²) in [7, 11) is 3.26. The Labute approximate surface area is 153 Å². The molecule has 0 unspecified atom stereocenters. The van der Waals surface area contributed by atoms with Gasteiger partial charge in [-0.25, -0.2) is 0 Å². The number of rotatable bonds is 6. The number of carbonyl (C=O) groups is 1. The number of hydrogen-bond donors (Lipinski definition) is 0. The lowest BCUT2D eigenvalue weighted by Gasteiger charge is -2.24. The number of amides is 1. The Morgan fingerprint density at radius 1 is 1.08 bits per heavy atom. The van der Waals surface area contributed by atoms with Crippen LogP contribution in [-0.4, -0.2) is 37.3 Å². The van der Waals surface area contributed by atoms with Crippen LogP contribution in [0.1, 0.15) is 22.1 Å². The SMILES string of the molecule is COc1ccc(CCN2C(=O)CS[C@@H]2c2ccc(C)cc2)cc1OC. The van der Waals surface area contributed by atoms with E-state index in [1.54, 1.807) is 26.0 Å². The average Bonchev–Trinajstić information content (AvgIpc) is 3.01. The molecule has 3 rings (SSSR count). The molecular weight excluding hydrogens is 334 g/mol. The molecule has 2 aromatic carbocycles. The van der Waals surface area contributed by atoms with E-state index in [9.17, 15) is 4.79 Å². The van der Waals surface area contributed by atoms with E-state index in [2.05, 4.69) is 31.2 Å². The Morgan fingerprint density at radius 2 is 1.80 bits per heavy atom. The van der Waals surface area contributed by atoms with Gasteiger partial charge in [-0.1, -0.05) is 35.9 Å². The normalized spacial score (nSPS) is 17.0. The summed E-state index contributed by atoms with van der Waals surface area (Å²) in [5.74, 6) is 2.19. The number of benzene rings is 2. The standard InChI is InChI=1S/C20H23NO3S/c1-14-4-7-16(8-5-14)20-21(19(22)13-25-20)11-10-15-6-9-17(23-2)18(12-15)24-3/h4-9,12,20H,10-11,13H2,1-3H3/t20-/m1/s1. The summed E-state index contributed by atoms with van der Waals surface area (Å²) in [5.41, 5.74) is 3.55. The number of nitrogens with zero attached hydrogens (tertiary/aromatic N) is 1. The van der Waals surface area contributed by atoms with Gasteiger partial charge in [-0.15, -0.1) is 11.8 Å². The summed E-state index contributed by atoms with van der Waals surface area (Å²) in [4.78, 5) is 14.3. The fourth-order valence-electron chi connectivity index (χ4n) is 2.99. The number of hydrogen-bond acceptors (Lipinski definition) is 4. The quantitative estimate of drug-likeness (QED) is 0.788. The van der Waals surface area contributed by atoms with Crippen molar-refractivity contribution in [2.75, 3.05) is 26.5 Å². The van der Waals surface area contributed by atoms with Crippen LogP contribution >= 0.6 is 11.8 Å². The molecule has 1 aliphatic rings. The third kappa shape index (κ3) is 3.93. The van der Waals surface area contributed by atoms with E-state index in [4.69, 9.17) is 9.47 Å². The van der Waals surface area contributed by atoms with Crippen molar-refractivity contribution in [1.29, 1.82) is 0 Å². The second-order valence-electron chi connectivity index (χ2n) is 6.10. The van der Waals surface area contributed by atoms with E-state index < -0.39 is 0 Å². The van der Waals surface area contributed by atoms with Gasteiger partial charge < -0.3 is 14.4 Å². The highest BCUT2D eigenvalue weighted by Gasteiger charge is 2.32. The van der Waals surface area contributed by atoms with Crippen molar-refractivity contribution in [3.05, 3.63) is 59.2 Å². The highest BCUT2D eigenvalue weighted by Crippen LogP contribution is 2.38. The average molecular weight is 357 g/mol. The molecule has 0 saturated carbocycles. The fourth-order valence-corrected chi connectivity index (χ4v) is 4.21. The summed E-state index contributed by atoms with van der Waals surface area (Å²) in [6, 6.07) is 14.4. The van der Waals surface area contributed by atoms with Crippen molar-refractivity contribution in [1.82, 2.24) is 4.90 Å². The van der Waals surface area contributed by atoms with Crippen molar-refractivity contribution in [2.45, 2.75) is 18.7 Å². The monoisotopic (exact) mass is 357 g/mol. The fraction of sp³-hybridized carbons (Fsp3) is 0.350. The summed E-state index contributed by atoms with van der Waals surface area (Å²) in [6.07, 6.45) is 0.787. The van der Waals surface area contributed by atoms with Crippen LogP contribution in [0, 0.1) is 6.92 Å². The molecule has 0 radical (unpaired) electrons. The number of thioether (sulfide) groups is 1. The molecule has 0 bridgehead atoms. The van der Waals surface area contributed by atoms with E-state index in [1.807, 2.05) is 23.1 Å². The highest BCUT2D eigenvalue weighted by molar-refractivity contribution is 8.00. The first-order chi connectivity index (χ1) is 12.1. The van der Waals surface area contributed by atoms with Gasteiger partial charge in [0.2, 0.25) is 5.91 Å². The van der Waals surface area contributed by atoms with Gasteiger partial charge in [-0.05, 0) is 36.6 Å². The molecule has 0 N–H and O–H groups in total. The van der Waals surface area contributed by atoms with Crippen LogP contribution in [0.2, 0.25) is 0 Å². The zero-order valence-electron chi connectivity index (χ0n) is 14.8. The van der Waals surface area contributed by atoms with Crippen molar-refractivity contribution >= 4 is 17.7 Å². The maximum Gasteiger partial charge on any atom is 0.233 e. The maximum absolute atomic E-state index is 12.3. The van der Waals surface area contributed by atoms with Gasteiger partial charge in [0.15, 0.2) is 11.5 Å². The Balaban J connectivity index is 1.72. The van der Waals surface area contributed by atoms with E-state index in [1.165, 1.54) is 11.1 Å². The molecule has 2 aromatic rings. The predicted octanol–water partition coefficient (Wildman–Crippen LogP) is 3.83. The number of ether oxygens (including phenoxy) is 2. The third-order valence-electron chi connectivity index (χ3n) is 4.42. The minimum absolute atomic E-state index is 0.105. The summed E-state index contributed by atoms with van der Waals surface area (Å²) >= 11 is 1.70. The molecule has 0 aliphatic carbocycles. The Kier molecular flexibility index (Phi) is 5.53. The minimum Gasteiger partial charge on any atom is -0.493 e. The Hall–Kier alpha value is -2.14. The first-order valence-corrected chi connectivity index (χ1v) is 9.36. The topological polar surface area (TPSA) is 38.8 Å². The molecule has 0 spiro atoms. The molecule has 1 atom stereocenters. The molecule has 1 amide bonds. The zero-order chi connectivity index (χ0) is 17.8. The molecule has 132 valence electrons. The van der Waals surface area contributed by atoms with Crippen LogP contribution in [0.4, 0.5) is 0 Å². The number of aryl methyl sites for hydroxylation is 1. The van der Waals surface area contributed by atoms with Crippen LogP contribution in [0.3, 0.4) is 0 Å². The lowest BCUT2D eigenvalue weighted by molar-refractivity contribution is -0.128. The van der Waals surface area contributed by atoms with Gasteiger partial charge >= 0.3 is 0 Å². The molecule has 0 aromatic heterocycles. The van der Waals surface area contributed by atoms with Crippen molar-refractivity contribution in [3.63, 3.8) is 0 Å². The minimum atomic E-state index is 0.105. The lowest BCUT2D eigenvalue weighted by atomic mass is 10.1. The number of methoxy groups -OCH3 is 2. The van der Waals surface area contributed by atoms with E-state index in [0.29, 0.717) is 12.3 Å². The van der Waals surface area contributed by atoms with E-state index in [0.717, 1.165) is 23.5 Å². The number of carbonyl (C=O) groups excluding carboxylic acids is 1. The van der Waals surface area contributed by atoms with Crippen LogP contribution in [0.25, 0.3) is 0 Å². The van der Waals surface area contributed by atoms with Crippen molar-refractivity contribution in [3.8, 4) is 11.5 Å². The largest absolute Gasteiger partial charge is 0.493 e. The van der Waals surface area contributed by atoms with E-state index >= 15 is 0 Å². The third-order valence-corrected chi connectivity index (χ3v) is 5.68. The summed E-state index contributed by atoms with van der Waals surface area (Å²) in [6.45, 7) is 2.77. The van der Waals surface area contributed by atoms with E-state index in [-0.39, 0.29) is 11.3 Å². The van der Waals surface area contributed by atoms with Crippen LogP contribution in [0.5, 0.6) is 11.5 Å². The molecular formula is C20H23NO3S. The van der Waals surface area contributed by atoms with Crippen molar-refractivity contribution < 1.29 is 14.3 Å². The summed E-state index contributed by atoms with van der Waals surface area (Å²) in [5, 5.41) is 0.105. The van der Waals surface area contributed by atoms with Gasteiger partial charge in [0.05, 0.1) is 20.0 Å². The van der Waals surface area contributed by atoms with Gasteiger partial charge in [-0.2, -0.15) is 0 Å². The van der Waals surface area contributed by atoms with Gasteiger partial charge in [-0.3, -0.25) is 4.79 Å². The first kappa shape index (κ1) is 17.7. The van der Waals surface area contributed by atoms with Crippen molar-refractivity contribution in [2.24, 2.45) is 0 Å². The van der Waals surface area contributed by atoms with Gasteiger partial charge in [0, 0.05) is 6.54 Å². The zero-order valence-corrected chi connectivity index (χ0v) is 15.6. The smallest absolute Gasteiger partial charge is 0.233 e. The molecule has 1 fully saturated rings. The molecule has 5 heteroatoms. The maximum atomic E-state index is 12.3. The lowest BCUT2D eigenvalue weighted by Crippen LogP contribution is -2.30. The Morgan fingerprint density at radius 3 is 2.48 bits per heavy atom. The van der Waals surface area contributed by atoms with Crippen LogP contribution < -0.4 is 9.47 Å².